The van der Waals surface area contributed by atoms with Gasteiger partial charge in [-0.3, -0.25) is 14.7 Å². The van der Waals surface area contributed by atoms with E-state index in [1.807, 2.05) is 24.7 Å². The standard InChI is InChI=1S/C15H14N6/c1-9-11-7-10(3-4-13(11)21(2)20-9)19-15-14-12(8-18-15)16-5-6-17-14/h3-7H,8H2,1-2H3,(H,18,19). The van der Waals surface area contributed by atoms with Crippen LogP contribution in [0.4, 0.5) is 5.69 Å². The number of benzene rings is 1. The Morgan fingerprint density at radius 2 is 2.05 bits per heavy atom. The second-order valence-electron chi connectivity index (χ2n) is 5.08. The number of aromatic nitrogens is 4. The first-order valence-corrected chi connectivity index (χ1v) is 6.77. The molecule has 0 unspecified atom stereocenters. The maximum atomic E-state index is 4.47. The fraction of sp³-hybridized carbons (Fsp3) is 0.200. The average Bonchev–Trinajstić information content (AvgIpc) is 3.02. The zero-order valence-electron chi connectivity index (χ0n) is 11.8. The highest BCUT2D eigenvalue weighted by Gasteiger charge is 2.18. The number of aryl methyl sites for hydroxylation is 2. The molecule has 0 saturated heterocycles. The van der Waals surface area contributed by atoms with E-state index < -0.39 is 0 Å². The van der Waals surface area contributed by atoms with Crippen LogP contribution in [-0.2, 0) is 13.6 Å². The minimum atomic E-state index is 0.583. The van der Waals surface area contributed by atoms with E-state index in [2.05, 4.69) is 37.5 Å². The number of aliphatic imine (C=N–C) groups is 1. The molecule has 3 aromatic rings. The summed E-state index contributed by atoms with van der Waals surface area (Å²) < 4.78 is 1.89. The lowest BCUT2D eigenvalue weighted by atomic mass is 10.2. The lowest BCUT2D eigenvalue weighted by Crippen LogP contribution is -2.13. The Bertz CT molecular complexity index is 877. The first kappa shape index (κ1) is 12.0. The normalized spacial score (nSPS) is 13.3. The third-order valence-electron chi connectivity index (χ3n) is 3.68. The van der Waals surface area contributed by atoms with Gasteiger partial charge in [0.2, 0.25) is 0 Å². The summed E-state index contributed by atoms with van der Waals surface area (Å²) in [6.45, 7) is 2.60. The van der Waals surface area contributed by atoms with Crippen molar-refractivity contribution in [2.45, 2.75) is 13.5 Å². The number of nitrogens with zero attached hydrogens (tertiary/aromatic N) is 5. The van der Waals surface area contributed by atoms with Crippen molar-refractivity contribution < 1.29 is 0 Å². The predicted octanol–water partition coefficient (Wildman–Crippen LogP) is 2.04. The van der Waals surface area contributed by atoms with Gasteiger partial charge in [-0.1, -0.05) is 0 Å². The van der Waals surface area contributed by atoms with Gasteiger partial charge in [0, 0.05) is 30.5 Å². The third kappa shape index (κ3) is 1.87. The molecule has 0 amide bonds. The summed E-state index contributed by atoms with van der Waals surface area (Å²) in [5.74, 6) is 0.777. The minimum Gasteiger partial charge on any atom is -0.339 e. The van der Waals surface area contributed by atoms with Gasteiger partial charge in [-0.2, -0.15) is 5.10 Å². The van der Waals surface area contributed by atoms with Gasteiger partial charge in [-0.15, -0.1) is 0 Å². The Kier molecular flexibility index (Phi) is 2.50. The summed E-state index contributed by atoms with van der Waals surface area (Å²) in [5, 5.41) is 8.91. The Balaban J connectivity index is 1.71. The van der Waals surface area contributed by atoms with Gasteiger partial charge in [0.1, 0.15) is 5.69 Å². The van der Waals surface area contributed by atoms with Crippen molar-refractivity contribution in [2.24, 2.45) is 12.0 Å². The highest BCUT2D eigenvalue weighted by Crippen LogP contribution is 2.23. The first-order valence-electron chi connectivity index (χ1n) is 6.77. The molecule has 1 N–H and O–H groups in total. The Morgan fingerprint density at radius 1 is 1.19 bits per heavy atom. The second kappa shape index (κ2) is 4.37. The van der Waals surface area contributed by atoms with E-state index in [9.17, 15) is 0 Å². The SMILES string of the molecule is Cc1nn(C)c2ccc(NC3=NCc4nccnc43)cc12. The van der Waals surface area contributed by atoms with Crippen LogP contribution in [0.5, 0.6) is 0 Å². The smallest absolute Gasteiger partial charge is 0.154 e. The summed E-state index contributed by atoms with van der Waals surface area (Å²) in [5.41, 5.74) is 4.87. The number of rotatable bonds is 1. The molecule has 0 fully saturated rings. The fourth-order valence-corrected chi connectivity index (χ4v) is 2.66. The summed E-state index contributed by atoms with van der Waals surface area (Å²) >= 11 is 0. The lowest BCUT2D eigenvalue weighted by molar-refractivity contribution is 0.783. The molecule has 0 spiro atoms. The van der Waals surface area contributed by atoms with Crippen LogP contribution in [0, 0.1) is 6.92 Å². The molecule has 21 heavy (non-hydrogen) atoms. The van der Waals surface area contributed by atoms with Gasteiger partial charge in [0.05, 0.1) is 23.4 Å². The molecule has 1 aliphatic heterocycles. The van der Waals surface area contributed by atoms with Crippen molar-refractivity contribution in [3.8, 4) is 0 Å². The fourth-order valence-electron chi connectivity index (χ4n) is 2.66. The largest absolute Gasteiger partial charge is 0.339 e. The maximum absolute atomic E-state index is 4.47. The highest BCUT2D eigenvalue weighted by atomic mass is 15.3. The molecule has 6 nitrogen and oxygen atoms in total. The summed E-state index contributed by atoms with van der Waals surface area (Å²) in [7, 11) is 1.95. The molecule has 1 aromatic carbocycles. The first-order chi connectivity index (χ1) is 10.2. The molecular formula is C15H14N6. The zero-order valence-corrected chi connectivity index (χ0v) is 11.8. The molecule has 1 aliphatic rings. The number of hydrogen-bond acceptors (Lipinski definition) is 5. The van der Waals surface area contributed by atoms with Crippen molar-refractivity contribution in [3.05, 3.63) is 47.7 Å². The van der Waals surface area contributed by atoms with E-state index in [1.165, 1.54) is 0 Å². The number of anilines is 1. The highest BCUT2D eigenvalue weighted by molar-refractivity contribution is 6.09. The van der Waals surface area contributed by atoms with Crippen molar-refractivity contribution in [2.75, 3.05) is 5.32 Å². The molecule has 3 heterocycles. The van der Waals surface area contributed by atoms with Crippen LogP contribution in [0.2, 0.25) is 0 Å². The van der Waals surface area contributed by atoms with E-state index in [0.717, 1.165) is 39.5 Å². The Hall–Kier alpha value is -2.76. The average molecular weight is 278 g/mol. The summed E-state index contributed by atoms with van der Waals surface area (Å²) in [4.78, 5) is 13.1. The molecule has 104 valence electrons. The van der Waals surface area contributed by atoms with Gasteiger partial charge in [0.25, 0.3) is 0 Å². The van der Waals surface area contributed by atoms with E-state index >= 15 is 0 Å². The van der Waals surface area contributed by atoms with Crippen LogP contribution < -0.4 is 5.32 Å². The maximum Gasteiger partial charge on any atom is 0.154 e. The van der Waals surface area contributed by atoms with Crippen LogP contribution in [0.1, 0.15) is 17.1 Å². The quantitative estimate of drug-likeness (QED) is 0.739. The Labute approximate surface area is 121 Å². The van der Waals surface area contributed by atoms with Gasteiger partial charge in [0.15, 0.2) is 5.84 Å². The van der Waals surface area contributed by atoms with E-state index in [4.69, 9.17) is 0 Å². The summed E-state index contributed by atoms with van der Waals surface area (Å²) in [6, 6.07) is 6.18. The van der Waals surface area contributed by atoms with Crippen LogP contribution >= 0.6 is 0 Å². The molecule has 0 saturated carbocycles. The molecule has 0 bridgehead atoms. The van der Waals surface area contributed by atoms with Crippen molar-refractivity contribution in [3.63, 3.8) is 0 Å². The molecule has 0 atom stereocenters. The van der Waals surface area contributed by atoms with Crippen LogP contribution in [0.25, 0.3) is 10.9 Å². The molecule has 6 heteroatoms. The molecule has 2 aromatic heterocycles. The molecule has 4 rings (SSSR count). The van der Waals surface area contributed by atoms with E-state index in [1.54, 1.807) is 12.4 Å². The minimum absolute atomic E-state index is 0.583. The predicted molar refractivity (Wildman–Crippen MR) is 81.3 cm³/mol. The van der Waals surface area contributed by atoms with Crippen molar-refractivity contribution in [1.82, 2.24) is 19.7 Å². The van der Waals surface area contributed by atoms with Gasteiger partial charge in [-0.05, 0) is 25.1 Å². The third-order valence-corrected chi connectivity index (χ3v) is 3.68. The topological polar surface area (TPSA) is 68.0 Å². The number of fused-ring (bicyclic) bond motifs is 2. The van der Waals surface area contributed by atoms with E-state index in [0.29, 0.717) is 6.54 Å². The molecular weight excluding hydrogens is 264 g/mol. The Morgan fingerprint density at radius 3 is 2.95 bits per heavy atom. The zero-order chi connectivity index (χ0) is 14.4. The van der Waals surface area contributed by atoms with Gasteiger partial charge < -0.3 is 5.32 Å². The molecule has 0 radical (unpaired) electrons. The summed E-state index contributed by atoms with van der Waals surface area (Å²) in [6.07, 6.45) is 3.39. The number of amidine groups is 1. The monoisotopic (exact) mass is 278 g/mol. The van der Waals surface area contributed by atoms with Crippen LogP contribution in [0.15, 0.2) is 35.6 Å². The van der Waals surface area contributed by atoms with Gasteiger partial charge >= 0.3 is 0 Å². The molecule has 0 aliphatic carbocycles. The van der Waals surface area contributed by atoms with Crippen molar-refractivity contribution >= 4 is 22.4 Å². The van der Waals surface area contributed by atoms with Crippen LogP contribution in [-0.4, -0.2) is 25.6 Å². The number of hydrogen-bond donors (Lipinski definition) is 1. The lowest BCUT2D eigenvalue weighted by Gasteiger charge is -2.07. The van der Waals surface area contributed by atoms with Gasteiger partial charge in [-0.25, -0.2) is 4.98 Å². The van der Waals surface area contributed by atoms with Crippen LogP contribution in [0.3, 0.4) is 0 Å². The second-order valence-corrected chi connectivity index (χ2v) is 5.08. The van der Waals surface area contributed by atoms with E-state index in [-0.39, 0.29) is 0 Å². The number of nitrogens with one attached hydrogen (secondary N) is 1. The van der Waals surface area contributed by atoms with Crippen molar-refractivity contribution in [1.29, 1.82) is 0 Å².